The number of hydrazone groups is 1. The molecule has 1 atom stereocenters. The maximum absolute atomic E-state index is 12.7. The molecule has 8 heteroatoms. The number of ketones is 1. The highest BCUT2D eigenvalue weighted by Crippen LogP contribution is 2.25. The van der Waals surface area contributed by atoms with E-state index in [4.69, 9.17) is 0 Å². The Bertz CT molecular complexity index is 595. The maximum atomic E-state index is 12.7. The van der Waals surface area contributed by atoms with Gasteiger partial charge in [-0.2, -0.15) is 0 Å². The number of carbonyl (C=O) groups is 3. The third kappa shape index (κ3) is 8.76. The van der Waals surface area contributed by atoms with Crippen LogP contribution in [0.2, 0.25) is 0 Å². The Hall–Kier alpha value is -1.57. The first-order chi connectivity index (χ1) is 13.7. The molecule has 0 radical (unpaired) electrons. The maximum Gasteiger partial charge on any atom is 0.309 e. The lowest BCUT2D eigenvalue weighted by atomic mass is 9.85. The third-order valence-electron chi connectivity index (χ3n) is 4.89. The van der Waals surface area contributed by atoms with Crippen molar-refractivity contribution in [3.8, 4) is 0 Å². The van der Waals surface area contributed by atoms with Crippen molar-refractivity contribution in [2.45, 2.75) is 79.2 Å². The molecule has 7 nitrogen and oxygen atoms in total. The Balaban J connectivity index is 0.00000204. The van der Waals surface area contributed by atoms with E-state index in [1.54, 1.807) is 0 Å². The molecule has 2 fully saturated rings. The Morgan fingerprint density at radius 1 is 1.17 bits per heavy atom. The van der Waals surface area contributed by atoms with E-state index in [1.807, 2.05) is 46.6 Å². The number of amides is 2. The van der Waals surface area contributed by atoms with Crippen LogP contribution in [-0.2, 0) is 14.4 Å². The molecule has 1 heterocycles. The molecule has 2 amide bonds. The van der Waals surface area contributed by atoms with Gasteiger partial charge in [-0.3, -0.25) is 14.4 Å². The quantitative estimate of drug-likeness (QED) is 0.503. The summed E-state index contributed by atoms with van der Waals surface area (Å²) in [6.45, 7) is 10.8. The summed E-state index contributed by atoms with van der Waals surface area (Å²) in [6, 6.07) is -0.825. The van der Waals surface area contributed by atoms with Crippen molar-refractivity contribution in [1.29, 1.82) is 0 Å². The van der Waals surface area contributed by atoms with Crippen LogP contribution in [-0.4, -0.2) is 53.1 Å². The number of nitrogens with one attached hydrogen (secondary N) is 2. The van der Waals surface area contributed by atoms with Crippen LogP contribution in [0.25, 0.3) is 0 Å². The van der Waals surface area contributed by atoms with E-state index in [1.165, 1.54) is 11.8 Å². The van der Waals surface area contributed by atoms with Crippen LogP contribution in [0.15, 0.2) is 5.10 Å². The summed E-state index contributed by atoms with van der Waals surface area (Å²) in [5.74, 6) is -0.669. The molecule has 2 N–H and O–H groups in total. The Kier molecular flexibility index (Phi) is 10.7. The molecule has 0 aromatic heterocycles. The molecule has 0 aromatic carbocycles. The normalized spacial score (nSPS) is 19.9. The first-order valence-electron chi connectivity index (χ1n) is 10.7. The summed E-state index contributed by atoms with van der Waals surface area (Å²) in [6.07, 6.45) is 5.35. The number of amidine groups is 1. The number of nitrogens with zero attached hydrogens (tertiary/aromatic N) is 2. The van der Waals surface area contributed by atoms with Crippen LogP contribution < -0.4 is 10.7 Å². The second-order valence-electron chi connectivity index (χ2n) is 8.63. The monoisotopic (exact) mass is 426 g/mol. The zero-order valence-corrected chi connectivity index (χ0v) is 19.7. The Morgan fingerprint density at radius 3 is 2.31 bits per heavy atom. The van der Waals surface area contributed by atoms with Crippen LogP contribution in [0.4, 0.5) is 0 Å². The topological polar surface area (TPSA) is 90.9 Å². The molecule has 1 saturated heterocycles. The summed E-state index contributed by atoms with van der Waals surface area (Å²) in [4.78, 5) is 39.6. The van der Waals surface area contributed by atoms with Gasteiger partial charge in [-0.15, -0.1) is 5.10 Å². The molecule has 2 aliphatic rings. The third-order valence-corrected chi connectivity index (χ3v) is 5.93. The molecule has 1 saturated carbocycles. The highest BCUT2D eigenvalue weighted by atomic mass is 32.2. The van der Waals surface area contributed by atoms with Crippen molar-refractivity contribution in [2.75, 3.05) is 19.3 Å². The largest absolute Gasteiger partial charge is 0.352 e. The lowest BCUT2D eigenvalue weighted by molar-refractivity contribution is -0.141. The van der Waals surface area contributed by atoms with Gasteiger partial charge in [-0.25, -0.2) is 5.43 Å². The van der Waals surface area contributed by atoms with Gasteiger partial charge in [-0.05, 0) is 24.7 Å². The van der Waals surface area contributed by atoms with Gasteiger partial charge in [-0.1, -0.05) is 65.6 Å². The Morgan fingerprint density at radius 2 is 1.79 bits per heavy atom. The number of carbonyl (C=O) groups excluding carboxylic acids is 3. The first kappa shape index (κ1) is 25.5. The van der Waals surface area contributed by atoms with Gasteiger partial charge in [0.1, 0.15) is 0 Å². The van der Waals surface area contributed by atoms with Crippen molar-refractivity contribution in [1.82, 2.24) is 15.6 Å². The van der Waals surface area contributed by atoms with Crippen molar-refractivity contribution in [3.63, 3.8) is 0 Å². The van der Waals surface area contributed by atoms with Crippen LogP contribution in [0.5, 0.6) is 0 Å². The number of hydrogen-bond donors (Lipinski definition) is 2. The van der Waals surface area contributed by atoms with Crippen LogP contribution in [0.1, 0.15) is 73.1 Å². The van der Waals surface area contributed by atoms with Gasteiger partial charge in [0.2, 0.25) is 11.7 Å². The standard InChI is InChI=1S/C19H32N4O3S.C2H6/c1-19(2,3)12-14(20-16(25)13-8-6-5-7-9-13)15(24)17(26)21-22-18-23(4)10-11-27-18;1-2/h13-14H,5-12H2,1-4H3,(H,20,25)(H,21,26);1-2H3/b22-18+;. The van der Waals surface area contributed by atoms with Gasteiger partial charge in [0.15, 0.2) is 5.17 Å². The van der Waals surface area contributed by atoms with Crippen molar-refractivity contribution in [2.24, 2.45) is 16.4 Å². The van der Waals surface area contributed by atoms with E-state index in [2.05, 4.69) is 15.8 Å². The fraction of sp³-hybridized carbons (Fsp3) is 0.810. The van der Waals surface area contributed by atoms with E-state index in [0.717, 1.165) is 44.4 Å². The minimum atomic E-state index is -0.825. The van der Waals surface area contributed by atoms with Gasteiger partial charge >= 0.3 is 5.91 Å². The molecule has 0 aromatic rings. The number of hydrogen-bond acceptors (Lipinski definition) is 5. The number of rotatable bonds is 6. The number of Topliss-reactive ketones (excluding diaryl/α,β-unsaturated/α-hetero) is 1. The minimum Gasteiger partial charge on any atom is -0.352 e. The highest BCUT2D eigenvalue weighted by molar-refractivity contribution is 8.14. The van der Waals surface area contributed by atoms with Crippen molar-refractivity contribution < 1.29 is 14.4 Å². The van der Waals surface area contributed by atoms with E-state index in [-0.39, 0.29) is 17.2 Å². The average molecular weight is 427 g/mol. The molecule has 29 heavy (non-hydrogen) atoms. The molecular weight excluding hydrogens is 388 g/mol. The van der Waals surface area contributed by atoms with Crippen LogP contribution in [0, 0.1) is 11.3 Å². The van der Waals surface area contributed by atoms with Crippen LogP contribution >= 0.6 is 11.8 Å². The summed E-state index contributed by atoms with van der Waals surface area (Å²) >= 11 is 1.53. The predicted molar refractivity (Wildman–Crippen MR) is 120 cm³/mol. The highest BCUT2D eigenvalue weighted by Gasteiger charge is 2.33. The zero-order valence-electron chi connectivity index (χ0n) is 18.8. The molecule has 1 unspecified atom stereocenters. The molecule has 0 spiro atoms. The predicted octanol–water partition coefficient (Wildman–Crippen LogP) is 3.15. The van der Waals surface area contributed by atoms with E-state index in [9.17, 15) is 14.4 Å². The van der Waals surface area contributed by atoms with E-state index in [0.29, 0.717) is 11.6 Å². The minimum absolute atomic E-state index is 0.0548. The fourth-order valence-electron chi connectivity index (χ4n) is 3.39. The molecule has 166 valence electrons. The SMILES string of the molecule is CC.CN1CCS/C1=N/NC(=O)C(=O)C(CC(C)(C)C)NC(=O)C1CCCCC1. The smallest absolute Gasteiger partial charge is 0.309 e. The lowest BCUT2D eigenvalue weighted by Gasteiger charge is -2.28. The first-order valence-corrected chi connectivity index (χ1v) is 11.7. The van der Waals surface area contributed by atoms with Gasteiger partial charge in [0.25, 0.3) is 0 Å². The second kappa shape index (κ2) is 12.2. The van der Waals surface area contributed by atoms with Crippen molar-refractivity contribution >= 4 is 34.5 Å². The lowest BCUT2D eigenvalue weighted by Crippen LogP contribution is -2.50. The summed E-state index contributed by atoms with van der Waals surface area (Å²) in [5.41, 5.74) is 2.16. The molecular formula is C21H38N4O3S. The molecule has 1 aliphatic carbocycles. The summed E-state index contributed by atoms with van der Waals surface area (Å²) in [7, 11) is 1.89. The zero-order chi connectivity index (χ0) is 22.0. The van der Waals surface area contributed by atoms with E-state index < -0.39 is 17.7 Å². The molecule has 1 aliphatic heterocycles. The van der Waals surface area contributed by atoms with E-state index >= 15 is 0 Å². The Labute approximate surface area is 179 Å². The van der Waals surface area contributed by atoms with Gasteiger partial charge < -0.3 is 10.2 Å². The van der Waals surface area contributed by atoms with Gasteiger partial charge in [0, 0.05) is 25.3 Å². The van der Waals surface area contributed by atoms with Crippen LogP contribution in [0.3, 0.4) is 0 Å². The summed E-state index contributed by atoms with van der Waals surface area (Å²) in [5, 5.41) is 7.58. The van der Waals surface area contributed by atoms with Crippen molar-refractivity contribution in [3.05, 3.63) is 0 Å². The fourth-order valence-corrected chi connectivity index (χ4v) is 4.35. The summed E-state index contributed by atoms with van der Waals surface area (Å²) < 4.78 is 0. The van der Waals surface area contributed by atoms with Gasteiger partial charge in [0.05, 0.1) is 6.04 Å². The average Bonchev–Trinajstić information content (AvgIpc) is 3.11. The molecule has 0 bridgehead atoms. The number of thioether (sulfide) groups is 1. The molecule has 2 rings (SSSR count). The second-order valence-corrected chi connectivity index (χ2v) is 9.69.